The van der Waals surface area contributed by atoms with Gasteiger partial charge in [-0.05, 0) is 42.8 Å². The first kappa shape index (κ1) is 16.5. The number of hydrogen-bond acceptors (Lipinski definition) is 2. The molecule has 2 aromatic rings. The minimum Gasteiger partial charge on any atom is -0.355 e. The Bertz CT molecular complexity index is 727. The van der Waals surface area contributed by atoms with Gasteiger partial charge >= 0.3 is 0 Å². The van der Waals surface area contributed by atoms with Crippen molar-refractivity contribution in [2.45, 2.75) is 13.5 Å². The Labute approximate surface area is 136 Å². The largest absolute Gasteiger partial charge is 0.355 e. The van der Waals surface area contributed by atoms with E-state index in [1.807, 2.05) is 30.7 Å². The van der Waals surface area contributed by atoms with Gasteiger partial charge in [-0.3, -0.25) is 9.59 Å². The average molecular weight is 311 g/mol. The first-order valence-electron chi connectivity index (χ1n) is 7.40. The third kappa shape index (κ3) is 4.32. The summed E-state index contributed by atoms with van der Waals surface area (Å²) in [6.07, 6.45) is 3.21. The van der Waals surface area contributed by atoms with Crippen LogP contribution in [0.5, 0.6) is 0 Å². The summed E-state index contributed by atoms with van der Waals surface area (Å²) in [4.78, 5) is 23.3. The van der Waals surface area contributed by atoms with Crippen LogP contribution in [0.2, 0.25) is 0 Å². The van der Waals surface area contributed by atoms with E-state index in [-0.39, 0.29) is 11.8 Å². The third-order valence-corrected chi connectivity index (χ3v) is 3.75. The number of nitrogens with zero attached hydrogens (tertiary/aromatic N) is 1. The summed E-state index contributed by atoms with van der Waals surface area (Å²) < 4.78 is 2.04. The summed E-state index contributed by atoms with van der Waals surface area (Å²) >= 11 is 0. The highest BCUT2D eigenvalue weighted by atomic mass is 16.2. The molecule has 0 fully saturated rings. The zero-order valence-corrected chi connectivity index (χ0v) is 13.6. The summed E-state index contributed by atoms with van der Waals surface area (Å²) in [7, 11) is 3.56. The molecule has 1 aromatic heterocycles. The van der Waals surface area contributed by atoms with E-state index >= 15 is 0 Å². The van der Waals surface area contributed by atoms with Gasteiger partial charge < -0.3 is 15.2 Å². The monoisotopic (exact) mass is 311 g/mol. The second kappa shape index (κ2) is 7.45. The van der Waals surface area contributed by atoms with Gasteiger partial charge in [0.2, 0.25) is 5.91 Å². The summed E-state index contributed by atoms with van der Waals surface area (Å²) in [5.74, 6) is -0.282. The van der Waals surface area contributed by atoms with E-state index in [2.05, 4.69) is 10.6 Å². The maximum absolute atomic E-state index is 11.9. The van der Waals surface area contributed by atoms with Crippen LogP contribution in [0.3, 0.4) is 0 Å². The highest BCUT2D eigenvalue weighted by Gasteiger charge is 2.03. The van der Waals surface area contributed by atoms with Crippen molar-refractivity contribution >= 4 is 17.9 Å². The molecule has 2 N–H and O–H groups in total. The fraction of sp³-hybridized carbons (Fsp3) is 0.222. The van der Waals surface area contributed by atoms with Gasteiger partial charge in [0, 0.05) is 37.1 Å². The van der Waals surface area contributed by atoms with Gasteiger partial charge in [-0.15, -0.1) is 0 Å². The molecule has 0 aliphatic heterocycles. The molecular weight excluding hydrogens is 290 g/mol. The topological polar surface area (TPSA) is 63.1 Å². The van der Waals surface area contributed by atoms with E-state index in [0.29, 0.717) is 12.1 Å². The number of rotatable bonds is 5. The van der Waals surface area contributed by atoms with Gasteiger partial charge in [-0.1, -0.05) is 12.1 Å². The molecule has 0 aliphatic carbocycles. The number of aryl methyl sites for hydroxylation is 1. The van der Waals surface area contributed by atoms with Crippen LogP contribution in [-0.4, -0.2) is 23.4 Å². The Morgan fingerprint density at radius 3 is 2.39 bits per heavy atom. The fourth-order valence-electron chi connectivity index (χ4n) is 2.14. The second-order valence-corrected chi connectivity index (χ2v) is 5.28. The second-order valence-electron chi connectivity index (χ2n) is 5.28. The molecule has 120 valence electrons. The fourth-order valence-corrected chi connectivity index (χ4v) is 2.14. The van der Waals surface area contributed by atoms with Crippen LogP contribution < -0.4 is 10.6 Å². The summed E-state index contributed by atoms with van der Waals surface area (Å²) in [5, 5.41) is 5.42. The van der Waals surface area contributed by atoms with Crippen LogP contribution in [0.15, 0.2) is 42.5 Å². The minimum absolute atomic E-state index is 0.129. The number of benzene rings is 1. The van der Waals surface area contributed by atoms with Gasteiger partial charge in [0.1, 0.15) is 0 Å². The standard InChI is InChI=1S/C18H21N3O2/c1-13-4-10-16(21(13)3)12-20-17(22)11-7-14-5-8-15(9-6-14)18(23)19-2/h4-11H,12H2,1-3H3,(H,19,23)(H,20,22)/b11-7-. The lowest BCUT2D eigenvalue weighted by Crippen LogP contribution is -2.21. The van der Waals surface area contributed by atoms with E-state index in [4.69, 9.17) is 0 Å². The molecular formula is C18H21N3O2. The van der Waals surface area contributed by atoms with Crippen LogP contribution in [0.25, 0.3) is 6.08 Å². The Balaban J connectivity index is 1.90. The zero-order chi connectivity index (χ0) is 16.8. The smallest absolute Gasteiger partial charge is 0.251 e. The van der Waals surface area contributed by atoms with Gasteiger partial charge in [-0.2, -0.15) is 0 Å². The van der Waals surface area contributed by atoms with Crippen molar-refractivity contribution in [2.24, 2.45) is 7.05 Å². The van der Waals surface area contributed by atoms with E-state index < -0.39 is 0 Å². The van der Waals surface area contributed by atoms with Crippen LogP contribution in [0.1, 0.15) is 27.3 Å². The summed E-state index contributed by atoms with van der Waals surface area (Å²) in [6, 6.07) is 11.1. The van der Waals surface area contributed by atoms with Gasteiger partial charge in [0.15, 0.2) is 0 Å². The highest BCUT2D eigenvalue weighted by molar-refractivity contribution is 5.94. The maximum Gasteiger partial charge on any atom is 0.251 e. The van der Waals surface area contributed by atoms with Crippen molar-refractivity contribution in [3.05, 3.63) is 65.0 Å². The van der Waals surface area contributed by atoms with Crippen LogP contribution >= 0.6 is 0 Å². The number of hydrogen-bond donors (Lipinski definition) is 2. The van der Waals surface area contributed by atoms with E-state index in [0.717, 1.165) is 17.0 Å². The molecule has 0 saturated heterocycles. The number of nitrogens with one attached hydrogen (secondary N) is 2. The van der Waals surface area contributed by atoms with Gasteiger partial charge in [-0.25, -0.2) is 0 Å². The van der Waals surface area contributed by atoms with E-state index in [1.54, 1.807) is 37.4 Å². The number of carbonyl (C=O) groups is 2. The lowest BCUT2D eigenvalue weighted by atomic mass is 10.1. The Morgan fingerprint density at radius 1 is 1.13 bits per heavy atom. The van der Waals surface area contributed by atoms with Crippen molar-refractivity contribution < 1.29 is 9.59 Å². The molecule has 2 amide bonds. The van der Waals surface area contributed by atoms with Gasteiger partial charge in [0.25, 0.3) is 5.91 Å². The van der Waals surface area contributed by atoms with E-state index in [9.17, 15) is 9.59 Å². The predicted octanol–water partition coefficient (Wildman–Crippen LogP) is 2.02. The Hall–Kier alpha value is -2.82. The molecule has 2 rings (SSSR count). The number of amides is 2. The third-order valence-electron chi connectivity index (χ3n) is 3.75. The molecule has 0 bridgehead atoms. The summed E-state index contributed by atoms with van der Waals surface area (Å²) in [5.41, 5.74) is 3.66. The van der Waals surface area contributed by atoms with Crippen LogP contribution in [-0.2, 0) is 18.4 Å². The Morgan fingerprint density at radius 2 is 1.83 bits per heavy atom. The highest BCUT2D eigenvalue weighted by Crippen LogP contribution is 2.07. The van der Waals surface area contributed by atoms with Gasteiger partial charge in [0.05, 0.1) is 6.54 Å². The first-order valence-corrected chi connectivity index (χ1v) is 7.40. The minimum atomic E-state index is -0.153. The molecule has 5 heteroatoms. The van der Waals surface area contributed by atoms with Crippen molar-refractivity contribution in [1.29, 1.82) is 0 Å². The molecule has 1 heterocycles. The molecule has 0 radical (unpaired) electrons. The van der Waals surface area contributed by atoms with Crippen LogP contribution in [0.4, 0.5) is 0 Å². The number of aromatic nitrogens is 1. The van der Waals surface area contributed by atoms with Crippen molar-refractivity contribution in [3.8, 4) is 0 Å². The normalized spacial score (nSPS) is 10.7. The van der Waals surface area contributed by atoms with E-state index in [1.165, 1.54) is 6.08 Å². The molecule has 0 saturated carbocycles. The van der Waals surface area contributed by atoms with Crippen LogP contribution in [0, 0.1) is 6.92 Å². The SMILES string of the molecule is CNC(=O)c1ccc(/C=C\C(=O)NCc2ccc(C)n2C)cc1. The molecule has 0 spiro atoms. The summed E-state index contributed by atoms with van der Waals surface area (Å²) in [6.45, 7) is 2.51. The average Bonchev–Trinajstić information content (AvgIpc) is 2.89. The quantitative estimate of drug-likeness (QED) is 0.830. The lowest BCUT2D eigenvalue weighted by Gasteiger charge is -2.05. The van der Waals surface area contributed by atoms with Crippen molar-refractivity contribution in [1.82, 2.24) is 15.2 Å². The first-order chi connectivity index (χ1) is 11.0. The number of carbonyl (C=O) groups excluding carboxylic acids is 2. The van der Waals surface area contributed by atoms with Crippen molar-refractivity contribution in [2.75, 3.05) is 7.05 Å². The zero-order valence-electron chi connectivity index (χ0n) is 13.6. The molecule has 1 aromatic carbocycles. The molecule has 5 nitrogen and oxygen atoms in total. The molecule has 0 aliphatic rings. The lowest BCUT2D eigenvalue weighted by molar-refractivity contribution is -0.116. The molecule has 23 heavy (non-hydrogen) atoms. The van der Waals surface area contributed by atoms with Crippen molar-refractivity contribution in [3.63, 3.8) is 0 Å². The predicted molar refractivity (Wildman–Crippen MR) is 90.9 cm³/mol. The Kier molecular flexibility index (Phi) is 5.36. The maximum atomic E-state index is 11.9. The molecule has 0 atom stereocenters. The molecule has 0 unspecified atom stereocenters.